The molecule has 7 rings (SSSR count). The van der Waals surface area contributed by atoms with Crippen molar-refractivity contribution in [3.8, 4) is 5.75 Å². The molecule has 3 aromatic rings. The second kappa shape index (κ2) is 12.5. The van der Waals surface area contributed by atoms with Gasteiger partial charge in [0.2, 0.25) is 5.91 Å². The van der Waals surface area contributed by atoms with Crippen molar-refractivity contribution in [3.63, 3.8) is 0 Å². The SMILES string of the molecule is CN1CCC2(CC1)CC(CCOc1cc3ncnc(Nc4ccc(F)c(Cl)c4)c3cc1NC(=O)C=CCN1CC3(CCC3)C1)C2. The summed E-state index contributed by atoms with van der Waals surface area (Å²) in [6.07, 6.45) is 15.2. The number of nitrogens with zero attached hydrogens (tertiary/aromatic N) is 4. The molecule has 0 radical (unpaired) electrons. The van der Waals surface area contributed by atoms with Gasteiger partial charge in [0.05, 0.1) is 22.8 Å². The van der Waals surface area contributed by atoms with Gasteiger partial charge in [-0.25, -0.2) is 14.4 Å². The van der Waals surface area contributed by atoms with Gasteiger partial charge in [0.1, 0.15) is 23.7 Å². The van der Waals surface area contributed by atoms with Crippen molar-refractivity contribution in [2.75, 3.05) is 57.0 Å². The molecule has 45 heavy (non-hydrogen) atoms. The van der Waals surface area contributed by atoms with Gasteiger partial charge < -0.3 is 20.3 Å². The number of amides is 1. The molecular formula is C35H42ClFN6O2. The van der Waals surface area contributed by atoms with E-state index in [9.17, 15) is 9.18 Å². The van der Waals surface area contributed by atoms with Crippen LogP contribution >= 0.6 is 11.6 Å². The van der Waals surface area contributed by atoms with E-state index >= 15 is 0 Å². The zero-order chi connectivity index (χ0) is 31.0. The van der Waals surface area contributed by atoms with E-state index in [0.29, 0.717) is 57.2 Å². The molecule has 8 nitrogen and oxygen atoms in total. The van der Waals surface area contributed by atoms with Crippen molar-refractivity contribution >= 4 is 45.6 Å². The minimum atomic E-state index is -0.491. The zero-order valence-electron chi connectivity index (χ0n) is 26.0. The predicted octanol–water partition coefficient (Wildman–Crippen LogP) is 7.04. The fourth-order valence-electron chi connectivity index (χ4n) is 7.82. The first-order chi connectivity index (χ1) is 21.8. The maximum Gasteiger partial charge on any atom is 0.248 e. The van der Waals surface area contributed by atoms with Gasteiger partial charge in [-0.15, -0.1) is 0 Å². The van der Waals surface area contributed by atoms with Gasteiger partial charge in [-0.1, -0.05) is 24.1 Å². The van der Waals surface area contributed by atoms with Crippen molar-refractivity contribution in [2.24, 2.45) is 16.7 Å². The number of halogens is 2. The Morgan fingerprint density at radius 1 is 1.11 bits per heavy atom. The summed E-state index contributed by atoms with van der Waals surface area (Å²) in [6.45, 7) is 6.02. The first-order valence-corrected chi connectivity index (χ1v) is 16.7. The second-order valence-electron chi connectivity index (χ2n) is 14.0. The lowest BCUT2D eigenvalue weighted by Gasteiger charge is -2.56. The number of piperidine rings is 1. The highest BCUT2D eigenvalue weighted by molar-refractivity contribution is 6.31. The summed E-state index contributed by atoms with van der Waals surface area (Å²) in [5.74, 6) is 1.08. The van der Waals surface area contributed by atoms with Crippen molar-refractivity contribution < 1.29 is 13.9 Å². The number of aromatic nitrogens is 2. The van der Waals surface area contributed by atoms with Crippen LogP contribution in [0.4, 0.5) is 21.6 Å². The standard InChI is InChI=1S/C35H42ClFN6O2/c1-42-13-10-34(11-14-42)19-24(20-34)7-15-45-31-18-29-26(33(39-23-38-29)40-25-5-6-28(37)27(36)16-25)17-30(31)41-32(44)4-2-12-43-21-35(22-43)8-3-9-35/h2,4-6,16-18,23-24H,3,7-15,19-22H2,1H3,(H,41,44)(H,38,39,40). The third-order valence-corrected chi connectivity index (χ3v) is 10.9. The lowest BCUT2D eigenvalue weighted by molar-refractivity contribution is -0.112. The number of ether oxygens (including phenoxy) is 1. The summed E-state index contributed by atoms with van der Waals surface area (Å²) in [5, 5.41) is 6.97. The smallest absolute Gasteiger partial charge is 0.248 e. The van der Waals surface area contributed by atoms with E-state index < -0.39 is 5.82 Å². The first kappa shape index (κ1) is 30.4. The molecule has 2 saturated carbocycles. The highest BCUT2D eigenvalue weighted by Crippen LogP contribution is 2.53. The molecule has 3 heterocycles. The van der Waals surface area contributed by atoms with Crippen LogP contribution in [0.3, 0.4) is 0 Å². The topological polar surface area (TPSA) is 82.6 Å². The number of benzene rings is 2. The Morgan fingerprint density at radius 2 is 1.91 bits per heavy atom. The molecule has 1 aromatic heterocycles. The average molecular weight is 633 g/mol. The van der Waals surface area contributed by atoms with Crippen molar-refractivity contribution in [3.05, 3.63) is 59.7 Å². The van der Waals surface area contributed by atoms with Crippen LogP contribution in [0.1, 0.15) is 51.4 Å². The van der Waals surface area contributed by atoms with Crippen LogP contribution in [0, 0.1) is 22.6 Å². The van der Waals surface area contributed by atoms with E-state index in [1.54, 1.807) is 12.1 Å². The fourth-order valence-corrected chi connectivity index (χ4v) is 8.01. The van der Waals surface area contributed by atoms with Crippen LogP contribution in [0.2, 0.25) is 5.02 Å². The Labute approximate surface area is 269 Å². The molecule has 0 atom stereocenters. The van der Waals surface area contributed by atoms with E-state index in [1.807, 2.05) is 18.2 Å². The Morgan fingerprint density at radius 3 is 2.64 bits per heavy atom. The van der Waals surface area contributed by atoms with Gasteiger partial charge in [0.25, 0.3) is 0 Å². The number of carbonyl (C=O) groups excluding carboxylic acids is 1. The first-order valence-electron chi connectivity index (χ1n) is 16.3. The largest absolute Gasteiger partial charge is 0.491 e. The highest BCUT2D eigenvalue weighted by atomic mass is 35.5. The molecule has 0 bridgehead atoms. The maximum absolute atomic E-state index is 13.8. The molecule has 2 spiro atoms. The van der Waals surface area contributed by atoms with E-state index in [2.05, 4.69) is 37.4 Å². The van der Waals surface area contributed by atoms with Crippen LogP contribution in [0.25, 0.3) is 10.9 Å². The van der Waals surface area contributed by atoms with E-state index in [1.165, 1.54) is 76.5 Å². The summed E-state index contributed by atoms with van der Waals surface area (Å²) >= 11 is 6.01. The third kappa shape index (κ3) is 6.67. The molecule has 10 heteroatoms. The molecular weight excluding hydrogens is 591 g/mol. The molecule has 238 valence electrons. The lowest BCUT2D eigenvalue weighted by Crippen LogP contribution is -2.59. The van der Waals surface area contributed by atoms with Crippen LogP contribution in [0.15, 0.2) is 48.8 Å². The fraction of sp³-hybridized carbons (Fsp3) is 0.514. The summed E-state index contributed by atoms with van der Waals surface area (Å²) in [4.78, 5) is 26.8. The number of fused-ring (bicyclic) bond motifs is 1. The normalized spacial score (nSPS) is 21.0. The van der Waals surface area contributed by atoms with E-state index in [4.69, 9.17) is 16.3 Å². The number of rotatable bonds is 10. The average Bonchev–Trinajstić information content (AvgIpc) is 2.96. The summed E-state index contributed by atoms with van der Waals surface area (Å²) in [7, 11) is 2.21. The molecule has 4 aliphatic rings. The van der Waals surface area contributed by atoms with Gasteiger partial charge in [0, 0.05) is 42.9 Å². The molecule has 2 aromatic carbocycles. The van der Waals surface area contributed by atoms with Crippen LogP contribution in [-0.2, 0) is 4.79 Å². The Kier molecular flexibility index (Phi) is 8.44. The van der Waals surface area contributed by atoms with Crippen LogP contribution < -0.4 is 15.4 Å². The Hall–Kier alpha value is -3.27. The maximum atomic E-state index is 13.8. The van der Waals surface area contributed by atoms with Gasteiger partial charge in [-0.05, 0) is 106 Å². The molecule has 2 aliphatic heterocycles. The lowest BCUT2D eigenvalue weighted by atomic mass is 9.57. The van der Waals surface area contributed by atoms with Crippen molar-refractivity contribution in [1.29, 1.82) is 0 Å². The summed E-state index contributed by atoms with van der Waals surface area (Å²) in [6, 6.07) is 8.12. The molecule has 0 unspecified atom stereocenters. The predicted molar refractivity (Wildman–Crippen MR) is 177 cm³/mol. The molecule has 2 N–H and O–H groups in total. The van der Waals surface area contributed by atoms with Crippen LogP contribution in [-0.4, -0.2) is 72.1 Å². The number of hydrogen-bond acceptors (Lipinski definition) is 7. The minimum Gasteiger partial charge on any atom is -0.491 e. The monoisotopic (exact) mass is 632 g/mol. The molecule has 1 amide bonds. The second-order valence-corrected chi connectivity index (χ2v) is 14.4. The van der Waals surface area contributed by atoms with Gasteiger partial charge >= 0.3 is 0 Å². The van der Waals surface area contributed by atoms with Gasteiger partial charge in [-0.2, -0.15) is 0 Å². The zero-order valence-corrected chi connectivity index (χ0v) is 26.7. The highest BCUT2D eigenvalue weighted by Gasteiger charge is 2.46. The van der Waals surface area contributed by atoms with Gasteiger partial charge in [0.15, 0.2) is 0 Å². The van der Waals surface area contributed by atoms with Gasteiger partial charge in [-0.3, -0.25) is 9.69 Å². The Balaban J connectivity index is 1.05. The number of carbonyl (C=O) groups is 1. The van der Waals surface area contributed by atoms with E-state index in [-0.39, 0.29) is 10.9 Å². The summed E-state index contributed by atoms with van der Waals surface area (Å²) in [5.41, 5.74) is 2.92. The number of anilines is 3. The number of hydrogen-bond donors (Lipinski definition) is 2. The minimum absolute atomic E-state index is 0.0167. The van der Waals surface area contributed by atoms with Crippen molar-refractivity contribution in [1.82, 2.24) is 19.8 Å². The Bertz CT molecular complexity index is 1590. The summed E-state index contributed by atoms with van der Waals surface area (Å²) < 4.78 is 20.1. The molecule has 2 aliphatic carbocycles. The molecule has 4 fully saturated rings. The van der Waals surface area contributed by atoms with Crippen LogP contribution in [0.5, 0.6) is 5.75 Å². The van der Waals surface area contributed by atoms with E-state index in [0.717, 1.165) is 26.1 Å². The molecule has 2 saturated heterocycles. The third-order valence-electron chi connectivity index (χ3n) is 10.6. The number of likely N-dealkylation sites (tertiary alicyclic amines) is 2. The quantitative estimate of drug-likeness (QED) is 0.232. The van der Waals surface area contributed by atoms with Crippen molar-refractivity contribution in [2.45, 2.75) is 51.4 Å². The number of nitrogens with one attached hydrogen (secondary N) is 2.